The molecule has 0 atom stereocenters. The average Bonchev–Trinajstić information content (AvgIpc) is 2.77. The quantitative estimate of drug-likeness (QED) is 0.754. The van der Waals surface area contributed by atoms with Gasteiger partial charge in [-0.3, -0.25) is 0 Å². The van der Waals surface area contributed by atoms with Gasteiger partial charge >= 0.3 is 5.97 Å². The second-order valence-corrected chi connectivity index (χ2v) is 4.62. The van der Waals surface area contributed by atoms with Gasteiger partial charge in [0, 0.05) is 18.0 Å². The summed E-state index contributed by atoms with van der Waals surface area (Å²) in [5.41, 5.74) is 1.10. The zero-order chi connectivity index (χ0) is 15.0. The molecule has 0 aliphatic heterocycles. The Morgan fingerprint density at radius 2 is 2.05 bits per heavy atom. The number of rotatable bonds is 3. The van der Waals surface area contributed by atoms with Crippen molar-refractivity contribution in [2.75, 3.05) is 0 Å². The van der Waals surface area contributed by atoms with Crippen LogP contribution in [-0.4, -0.2) is 20.6 Å². The minimum Gasteiger partial charge on any atom is -0.477 e. The van der Waals surface area contributed by atoms with E-state index in [0.717, 1.165) is 0 Å². The Bertz CT molecular complexity index is 843. The van der Waals surface area contributed by atoms with Crippen molar-refractivity contribution in [3.63, 3.8) is 0 Å². The van der Waals surface area contributed by atoms with E-state index in [-0.39, 0.29) is 12.2 Å². The molecule has 0 aliphatic rings. The molecule has 0 amide bonds. The lowest BCUT2D eigenvalue weighted by Gasteiger charge is -2.08. The van der Waals surface area contributed by atoms with E-state index < -0.39 is 17.7 Å². The third-order valence-corrected chi connectivity index (χ3v) is 3.20. The van der Waals surface area contributed by atoms with Crippen molar-refractivity contribution < 1.29 is 18.7 Å². The molecule has 1 aromatic carbocycles. The Morgan fingerprint density at radius 1 is 1.24 bits per heavy atom. The minimum absolute atomic E-state index is 0.00154. The van der Waals surface area contributed by atoms with Crippen molar-refractivity contribution in [2.24, 2.45) is 0 Å². The first-order valence-electron chi connectivity index (χ1n) is 6.17. The summed E-state index contributed by atoms with van der Waals surface area (Å²) in [6.07, 6.45) is 1.27. The first-order valence-corrected chi connectivity index (χ1v) is 6.17. The van der Waals surface area contributed by atoms with Crippen molar-refractivity contribution in [3.05, 3.63) is 65.6 Å². The number of halogens is 2. The van der Waals surface area contributed by atoms with Crippen LogP contribution in [0.5, 0.6) is 0 Å². The van der Waals surface area contributed by atoms with Gasteiger partial charge in [-0.1, -0.05) is 12.1 Å². The Kier molecular flexibility index (Phi) is 3.13. The molecule has 2 aromatic heterocycles. The van der Waals surface area contributed by atoms with E-state index in [1.165, 1.54) is 35.0 Å². The Hall–Kier alpha value is -2.76. The second-order valence-electron chi connectivity index (χ2n) is 4.62. The van der Waals surface area contributed by atoms with E-state index in [9.17, 15) is 18.7 Å². The van der Waals surface area contributed by atoms with Gasteiger partial charge in [-0.25, -0.2) is 14.2 Å². The lowest BCUT2D eigenvalue weighted by Crippen LogP contribution is -2.09. The van der Waals surface area contributed by atoms with E-state index in [0.29, 0.717) is 16.5 Å². The number of hydrogen-bond donors (Lipinski definition) is 1. The molecular weight excluding hydrogens is 278 g/mol. The number of pyridine rings is 1. The van der Waals surface area contributed by atoms with Gasteiger partial charge in [0.05, 0.1) is 11.7 Å². The third kappa shape index (κ3) is 2.47. The SMILES string of the molecule is O=C(O)c1cc2cc(F)ncc2n1Cc1cccc(F)c1. The van der Waals surface area contributed by atoms with Gasteiger partial charge in [0.25, 0.3) is 0 Å². The smallest absolute Gasteiger partial charge is 0.352 e. The number of fused-ring (bicyclic) bond motifs is 1. The molecular formula is C15H10F2N2O2. The van der Waals surface area contributed by atoms with Crippen LogP contribution in [-0.2, 0) is 6.54 Å². The molecule has 0 unspecified atom stereocenters. The van der Waals surface area contributed by atoms with Crippen LogP contribution in [0.3, 0.4) is 0 Å². The molecule has 0 spiro atoms. The number of benzene rings is 1. The van der Waals surface area contributed by atoms with Crippen molar-refractivity contribution in [2.45, 2.75) is 6.54 Å². The van der Waals surface area contributed by atoms with Crippen molar-refractivity contribution in [1.82, 2.24) is 9.55 Å². The number of aromatic nitrogens is 2. The summed E-state index contributed by atoms with van der Waals surface area (Å²) < 4.78 is 27.8. The number of carboxylic acid groups (broad SMARTS) is 1. The van der Waals surface area contributed by atoms with Gasteiger partial charge in [0.2, 0.25) is 5.95 Å². The summed E-state index contributed by atoms with van der Waals surface area (Å²) in [7, 11) is 0. The Labute approximate surface area is 118 Å². The summed E-state index contributed by atoms with van der Waals surface area (Å²) in [4.78, 5) is 14.9. The van der Waals surface area contributed by atoms with Crippen LogP contribution in [0.25, 0.3) is 10.9 Å². The molecule has 0 saturated heterocycles. The fourth-order valence-electron chi connectivity index (χ4n) is 2.30. The van der Waals surface area contributed by atoms with Crippen molar-refractivity contribution in [3.8, 4) is 0 Å². The molecule has 21 heavy (non-hydrogen) atoms. The van der Waals surface area contributed by atoms with Gasteiger partial charge < -0.3 is 9.67 Å². The lowest BCUT2D eigenvalue weighted by atomic mass is 10.2. The largest absolute Gasteiger partial charge is 0.477 e. The normalized spacial score (nSPS) is 11.0. The predicted molar refractivity (Wildman–Crippen MR) is 72.2 cm³/mol. The third-order valence-electron chi connectivity index (χ3n) is 3.20. The van der Waals surface area contributed by atoms with Crippen LogP contribution in [0.1, 0.15) is 16.1 Å². The van der Waals surface area contributed by atoms with Crippen LogP contribution in [0.4, 0.5) is 8.78 Å². The van der Waals surface area contributed by atoms with Crippen molar-refractivity contribution in [1.29, 1.82) is 0 Å². The van der Waals surface area contributed by atoms with Gasteiger partial charge in [-0.15, -0.1) is 0 Å². The van der Waals surface area contributed by atoms with Crippen LogP contribution in [0, 0.1) is 11.8 Å². The van der Waals surface area contributed by atoms with Crippen LogP contribution >= 0.6 is 0 Å². The highest BCUT2D eigenvalue weighted by molar-refractivity contribution is 5.94. The maximum atomic E-state index is 13.2. The van der Waals surface area contributed by atoms with E-state index >= 15 is 0 Å². The molecule has 4 nitrogen and oxygen atoms in total. The average molecular weight is 288 g/mol. The van der Waals surface area contributed by atoms with E-state index in [4.69, 9.17) is 0 Å². The molecule has 3 rings (SSSR count). The highest BCUT2D eigenvalue weighted by Crippen LogP contribution is 2.21. The van der Waals surface area contributed by atoms with E-state index in [1.54, 1.807) is 12.1 Å². The first kappa shape index (κ1) is 13.2. The molecule has 0 saturated carbocycles. The summed E-state index contributed by atoms with van der Waals surface area (Å²) in [5.74, 6) is -2.21. The maximum Gasteiger partial charge on any atom is 0.352 e. The topological polar surface area (TPSA) is 55.1 Å². The second kappa shape index (κ2) is 4.97. The molecule has 6 heteroatoms. The van der Waals surface area contributed by atoms with Gasteiger partial charge in [-0.05, 0) is 23.8 Å². The lowest BCUT2D eigenvalue weighted by molar-refractivity contribution is 0.0686. The molecule has 0 fully saturated rings. The fraction of sp³-hybridized carbons (Fsp3) is 0.0667. The standard InChI is InChI=1S/C15H10F2N2O2/c16-11-3-1-2-9(4-11)8-19-12(15(20)21)5-10-6-14(17)18-7-13(10)19/h1-7H,8H2,(H,20,21). The number of nitrogens with zero attached hydrogens (tertiary/aromatic N) is 2. The predicted octanol–water partition coefficient (Wildman–Crippen LogP) is 3.06. The van der Waals surface area contributed by atoms with Gasteiger partial charge in [0.15, 0.2) is 0 Å². The molecule has 0 bridgehead atoms. The Morgan fingerprint density at radius 3 is 2.76 bits per heavy atom. The molecule has 1 N–H and O–H groups in total. The number of aromatic carboxylic acids is 1. The minimum atomic E-state index is -1.14. The zero-order valence-electron chi connectivity index (χ0n) is 10.8. The first-order chi connectivity index (χ1) is 10.0. The van der Waals surface area contributed by atoms with E-state index in [2.05, 4.69) is 4.98 Å². The summed E-state index contributed by atoms with van der Waals surface area (Å²) in [6, 6.07) is 8.43. The molecule has 106 valence electrons. The fourth-order valence-corrected chi connectivity index (χ4v) is 2.30. The number of carbonyl (C=O) groups is 1. The van der Waals surface area contributed by atoms with Gasteiger partial charge in [-0.2, -0.15) is 4.39 Å². The highest BCUT2D eigenvalue weighted by Gasteiger charge is 2.16. The summed E-state index contributed by atoms with van der Waals surface area (Å²) in [5, 5.41) is 9.70. The monoisotopic (exact) mass is 288 g/mol. The van der Waals surface area contributed by atoms with Crippen LogP contribution in [0.2, 0.25) is 0 Å². The molecule has 3 aromatic rings. The summed E-state index contributed by atoms with van der Waals surface area (Å²) in [6.45, 7) is 0.163. The van der Waals surface area contributed by atoms with Crippen LogP contribution < -0.4 is 0 Å². The molecule has 2 heterocycles. The maximum absolute atomic E-state index is 13.2. The van der Waals surface area contributed by atoms with Crippen LogP contribution in [0.15, 0.2) is 42.6 Å². The highest BCUT2D eigenvalue weighted by atomic mass is 19.1. The zero-order valence-corrected chi connectivity index (χ0v) is 10.8. The Balaban J connectivity index is 2.15. The summed E-state index contributed by atoms with van der Waals surface area (Å²) >= 11 is 0. The number of hydrogen-bond acceptors (Lipinski definition) is 2. The van der Waals surface area contributed by atoms with E-state index in [1.807, 2.05) is 0 Å². The van der Waals surface area contributed by atoms with Crippen molar-refractivity contribution >= 4 is 16.9 Å². The molecule has 0 aliphatic carbocycles. The number of carboxylic acids is 1. The van der Waals surface area contributed by atoms with Gasteiger partial charge in [0.1, 0.15) is 11.5 Å². The molecule has 0 radical (unpaired) electrons.